The van der Waals surface area contributed by atoms with Gasteiger partial charge < -0.3 is 0 Å². The van der Waals surface area contributed by atoms with Crippen LogP contribution in [0.3, 0.4) is 0 Å². The SMILES string of the molecule is C=C(CCCCl)c1cc(C)cc2c1ccn2S(=O)(=O)c1ccccc1. The molecular weight excluding hydrogens is 354 g/mol. The molecule has 1 aromatic heterocycles. The highest BCUT2D eigenvalue weighted by Gasteiger charge is 2.20. The molecule has 0 bridgehead atoms. The highest BCUT2D eigenvalue weighted by Crippen LogP contribution is 2.31. The number of hydrogen-bond acceptors (Lipinski definition) is 2. The van der Waals surface area contributed by atoms with Gasteiger partial charge in [0.05, 0.1) is 10.4 Å². The minimum atomic E-state index is -3.63. The normalized spacial score (nSPS) is 11.8. The molecule has 0 atom stereocenters. The van der Waals surface area contributed by atoms with Crippen molar-refractivity contribution in [2.75, 3.05) is 5.88 Å². The second-order valence-electron chi connectivity index (χ2n) is 6.07. The molecule has 0 N–H and O–H groups in total. The second kappa shape index (κ2) is 7.06. The molecule has 0 amide bonds. The van der Waals surface area contributed by atoms with E-state index in [1.807, 2.05) is 19.1 Å². The van der Waals surface area contributed by atoms with Gasteiger partial charge in [-0.1, -0.05) is 30.8 Å². The van der Waals surface area contributed by atoms with Crippen molar-refractivity contribution in [3.63, 3.8) is 0 Å². The molecule has 5 heteroatoms. The third-order valence-electron chi connectivity index (χ3n) is 4.21. The van der Waals surface area contributed by atoms with Gasteiger partial charge in [0.15, 0.2) is 0 Å². The molecular formula is C20H20ClNO2S. The zero-order valence-corrected chi connectivity index (χ0v) is 15.6. The number of hydrogen-bond donors (Lipinski definition) is 0. The summed E-state index contributed by atoms with van der Waals surface area (Å²) in [5.41, 5.74) is 3.63. The van der Waals surface area contributed by atoms with Crippen LogP contribution in [0.1, 0.15) is 24.0 Å². The summed E-state index contributed by atoms with van der Waals surface area (Å²) in [6.07, 6.45) is 3.25. The Morgan fingerprint density at radius 3 is 2.56 bits per heavy atom. The maximum atomic E-state index is 13.0. The van der Waals surface area contributed by atoms with E-state index in [1.165, 1.54) is 3.97 Å². The van der Waals surface area contributed by atoms with Gasteiger partial charge in [0.1, 0.15) is 0 Å². The lowest BCUT2D eigenvalue weighted by atomic mass is 9.97. The summed E-state index contributed by atoms with van der Waals surface area (Å²) in [4.78, 5) is 0.275. The zero-order chi connectivity index (χ0) is 18.0. The van der Waals surface area contributed by atoms with Gasteiger partial charge in [0.25, 0.3) is 10.0 Å². The van der Waals surface area contributed by atoms with Gasteiger partial charge in [-0.15, -0.1) is 11.6 Å². The molecule has 3 rings (SSSR count). The minimum absolute atomic E-state index is 0.275. The number of allylic oxidation sites excluding steroid dienone is 1. The Morgan fingerprint density at radius 2 is 1.88 bits per heavy atom. The van der Waals surface area contributed by atoms with E-state index < -0.39 is 10.0 Å². The van der Waals surface area contributed by atoms with E-state index in [4.69, 9.17) is 11.6 Å². The number of fused-ring (bicyclic) bond motifs is 1. The van der Waals surface area contributed by atoms with E-state index in [1.54, 1.807) is 36.5 Å². The van der Waals surface area contributed by atoms with E-state index in [0.717, 1.165) is 34.9 Å². The van der Waals surface area contributed by atoms with Crippen LogP contribution in [-0.2, 0) is 10.0 Å². The van der Waals surface area contributed by atoms with E-state index in [-0.39, 0.29) is 4.90 Å². The molecule has 0 unspecified atom stereocenters. The first-order chi connectivity index (χ1) is 11.9. The smallest absolute Gasteiger partial charge is 0.241 e. The first kappa shape index (κ1) is 17.8. The number of aromatic nitrogens is 1. The van der Waals surface area contributed by atoms with Crippen LogP contribution in [-0.4, -0.2) is 18.3 Å². The zero-order valence-electron chi connectivity index (χ0n) is 14.1. The maximum Gasteiger partial charge on any atom is 0.268 e. The van der Waals surface area contributed by atoms with Crippen molar-refractivity contribution in [1.82, 2.24) is 3.97 Å². The largest absolute Gasteiger partial charge is 0.268 e. The van der Waals surface area contributed by atoms with Crippen molar-refractivity contribution >= 4 is 38.1 Å². The quantitative estimate of drug-likeness (QED) is 0.556. The lowest BCUT2D eigenvalue weighted by molar-refractivity contribution is 0.589. The molecule has 25 heavy (non-hydrogen) atoms. The van der Waals surface area contributed by atoms with E-state index >= 15 is 0 Å². The van der Waals surface area contributed by atoms with Crippen LogP contribution in [0, 0.1) is 6.92 Å². The number of nitrogens with zero attached hydrogens (tertiary/aromatic N) is 1. The average Bonchev–Trinajstić information content (AvgIpc) is 3.04. The highest BCUT2D eigenvalue weighted by molar-refractivity contribution is 7.90. The van der Waals surface area contributed by atoms with Gasteiger partial charge in [0, 0.05) is 17.5 Å². The predicted octanol–water partition coefficient (Wildman–Crippen LogP) is 5.22. The summed E-state index contributed by atoms with van der Waals surface area (Å²) in [6, 6.07) is 14.3. The fourth-order valence-electron chi connectivity index (χ4n) is 2.98. The summed E-state index contributed by atoms with van der Waals surface area (Å²) in [7, 11) is -3.63. The molecule has 0 saturated heterocycles. The van der Waals surface area contributed by atoms with Gasteiger partial charge in [-0.25, -0.2) is 12.4 Å². The molecule has 3 nitrogen and oxygen atoms in total. The number of halogens is 1. The third kappa shape index (κ3) is 3.37. The van der Waals surface area contributed by atoms with Crippen LogP contribution in [0.25, 0.3) is 16.5 Å². The van der Waals surface area contributed by atoms with Crippen molar-refractivity contribution in [1.29, 1.82) is 0 Å². The molecule has 0 radical (unpaired) electrons. The second-order valence-corrected chi connectivity index (χ2v) is 8.26. The lowest BCUT2D eigenvalue weighted by Gasteiger charge is -2.11. The Hall–Kier alpha value is -2.04. The topological polar surface area (TPSA) is 39.1 Å². The first-order valence-corrected chi connectivity index (χ1v) is 10.1. The van der Waals surface area contributed by atoms with Crippen LogP contribution < -0.4 is 0 Å². The summed E-state index contributed by atoms with van der Waals surface area (Å²) in [5.74, 6) is 0.581. The molecule has 0 aliphatic carbocycles. The average molecular weight is 374 g/mol. The Bertz CT molecular complexity index is 1020. The predicted molar refractivity (Wildman–Crippen MR) is 105 cm³/mol. The fourth-order valence-corrected chi connectivity index (χ4v) is 4.47. The minimum Gasteiger partial charge on any atom is -0.241 e. The van der Waals surface area contributed by atoms with Crippen LogP contribution in [0.5, 0.6) is 0 Å². The lowest BCUT2D eigenvalue weighted by Crippen LogP contribution is -2.11. The van der Waals surface area contributed by atoms with Gasteiger partial charge in [0.2, 0.25) is 0 Å². The van der Waals surface area contributed by atoms with E-state index in [2.05, 4.69) is 12.6 Å². The molecule has 0 saturated carbocycles. The van der Waals surface area contributed by atoms with Crippen molar-refractivity contribution in [2.45, 2.75) is 24.7 Å². The Labute approximate surface area is 153 Å². The Balaban J connectivity index is 2.17. The van der Waals surface area contributed by atoms with Crippen molar-refractivity contribution < 1.29 is 8.42 Å². The summed E-state index contributed by atoms with van der Waals surface area (Å²) < 4.78 is 27.3. The molecule has 2 aromatic carbocycles. The Morgan fingerprint density at radius 1 is 1.16 bits per heavy atom. The molecule has 1 heterocycles. The van der Waals surface area contributed by atoms with E-state index in [9.17, 15) is 8.42 Å². The maximum absolute atomic E-state index is 13.0. The van der Waals surface area contributed by atoms with Crippen LogP contribution in [0.15, 0.2) is 66.2 Å². The Kier molecular flexibility index (Phi) is 5.02. The monoisotopic (exact) mass is 373 g/mol. The number of benzene rings is 2. The van der Waals surface area contributed by atoms with Gasteiger partial charge in [-0.3, -0.25) is 0 Å². The summed E-state index contributed by atoms with van der Waals surface area (Å²) in [6.45, 7) is 6.13. The number of alkyl halides is 1. The fraction of sp³-hybridized carbons (Fsp3) is 0.200. The van der Waals surface area contributed by atoms with Gasteiger partial charge in [-0.2, -0.15) is 0 Å². The standard InChI is InChI=1S/C20H20ClNO2S/c1-15-13-19(16(2)7-6-11-21)18-10-12-22(20(18)14-15)25(23,24)17-8-4-3-5-9-17/h3-5,8-10,12-14H,2,6-7,11H2,1H3. The highest BCUT2D eigenvalue weighted by atomic mass is 35.5. The molecule has 0 aliphatic heterocycles. The van der Waals surface area contributed by atoms with Crippen LogP contribution in [0.2, 0.25) is 0 Å². The van der Waals surface area contributed by atoms with Gasteiger partial charge in [-0.05, 0) is 60.7 Å². The number of aryl methyl sites for hydroxylation is 1. The van der Waals surface area contributed by atoms with Crippen molar-refractivity contribution in [2.24, 2.45) is 0 Å². The molecule has 0 fully saturated rings. The van der Waals surface area contributed by atoms with Gasteiger partial charge >= 0.3 is 0 Å². The number of rotatable bonds is 6. The molecule has 0 spiro atoms. The molecule has 130 valence electrons. The van der Waals surface area contributed by atoms with Crippen LogP contribution in [0.4, 0.5) is 0 Å². The van der Waals surface area contributed by atoms with Crippen molar-refractivity contribution in [3.05, 3.63) is 72.4 Å². The first-order valence-electron chi connectivity index (χ1n) is 8.11. The summed E-state index contributed by atoms with van der Waals surface area (Å²) in [5, 5.41) is 0.893. The molecule has 3 aromatic rings. The third-order valence-corrected chi connectivity index (χ3v) is 6.18. The van der Waals surface area contributed by atoms with E-state index in [0.29, 0.717) is 11.4 Å². The van der Waals surface area contributed by atoms with Crippen molar-refractivity contribution in [3.8, 4) is 0 Å². The summed E-state index contributed by atoms with van der Waals surface area (Å²) >= 11 is 5.79. The van der Waals surface area contributed by atoms with Crippen LogP contribution >= 0.6 is 11.6 Å². The molecule has 0 aliphatic rings.